The van der Waals surface area contributed by atoms with Gasteiger partial charge in [0.1, 0.15) is 17.0 Å². The fourth-order valence-electron chi connectivity index (χ4n) is 1.62. The molecule has 1 aromatic heterocycles. The Morgan fingerprint density at radius 3 is 2.53 bits per heavy atom. The van der Waals surface area contributed by atoms with Crippen molar-refractivity contribution in [1.29, 1.82) is 0 Å². The Kier molecular flexibility index (Phi) is 3.30. The SMILES string of the molecule is CNc1c(F)c(F)c2c(N=C(C)NO)n[nH]c2c1F. The number of nitrogens with zero attached hydrogens (tertiary/aromatic N) is 2. The zero-order chi connectivity index (χ0) is 14.2. The van der Waals surface area contributed by atoms with Gasteiger partial charge in [0.2, 0.25) is 0 Å². The van der Waals surface area contributed by atoms with Crippen LogP contribution in [0.15, 0.2) is 4.99 Å². The molecule has 102 valence electrons. The normalized spacial score (nSPS) is 12.0. The van der Waals surface area contributed by atoms with Gasteiger partial charge in [-0.05, 0) is 6.92 Å². The summed E-state index contributed by atoms with van der Waals surface area (Å²) in [4.78, 5) is 3.68. The van der Waals surface area contributed by atoms with Crippen molar-refractivity contribution >= 4 is 28.2 Å². The fourth-order valence-corrected chi connectivity index (χ4v) is 1.62. The molecule has 0 amide bonds. The van der Waals surface area contributed by atoms with Gasteiger partial charge in [-0.25, -0.2) is 18.2 Å². The van der Waals surface area contributed by atoms with Crippen LogP contribution < -0.4 is 10.8 Å². The third kappa shape index (κ3) is 1.97. The Bertz CT molecular complexity index is 667. The molecule has 0 bridgehead atoms. The van der Waals surface area contributed by atoms with E-state index >= 15 is 0 Å². The third-order valence-electron chi connectivity index (χ3n) is 2.50. The van der Waals surface area contributed by atoms with Crippen molar-refractivity contribution < 1.29 is 18.4 Å². The van der Waals surface area contributed by atoms with E-state index in [1.54, 1.807) is 5.48 Å². The highest BCUT2D eigenvalue weighted by Crippen LogP contribution is 2.34. The largest absolute Gasteiger partial charge is 0.383 e. The van der Waals surface area contributed by atoms with Gasteiger partial charge >= 0.3 is 0 Å². The Morgan fingerprint density at radius 1 is 1.26 bits per heavy atom. The van der Waals surface area contributed by atoms with Crippen LogP contribution in [0.25, 0.3) is 10.9 Å². The minimum Gasteiger partial charge on any atom is -0.383 e. The number of benzene rings is 1. The molecule has 0 saturated carbocycles. The van der Waals surface area contributed by atoms with Crippen LogP contribution in [0.3, 0.4) is 0 Å². The lowest BCUT2D eigenvalue weighted by Crippen LogP contribution is -2.13. The predicted molar refractivity (Wildman–Crippen MR) is 63.2 cm³/mol. The fraction of sp³-hybridized carbons (Fsp3) is 0.200. The van der Waals surface area contributed by atoms with Crippen LogP contribution in [0.1, 0.15) is 6.92 Å². The Hall–Kier alpha value is -2.29. The molecular weight excluding hydrogens is 263 g/mol. The molecule has 0 aliphatic heterocycles. The Morgan fingerprint density at radius 2 is 1.95 bits per heavy atom. The molecule has 0 radical (unpaired) electrons. The molecule has 0 fully saturated rings. The monoisotopic (exact) mass is 273 g/mol. The van der Waals surface area contributed by atoms with Crippen molar-refractivity contribution in [2.45, 2.75) is 6.92 Å². The molecule has 1 aromatic carbocycles. The maximum Gasteiger partial charge on any atom is 0.186 e. The molecule has 0 unspecified atom stereocenters. The lowest BCUT2D eigenvalue weighted by molar-refractivity contribution is 0.234. The van der Waals surface area contributed by atoms with Gasteiger partial charge in [0.25, 0.3) is 0 Å². The molecule has 0 aliphatic rings. The van der Waals surface area contributed by atoms with Crippen molar-refractivity contribution in [2.24, 2.45) is 4.99 Å². The van der Waals surface area contributed by atoms with E-state index in [9.17, 15) is 13.2 Å². The van der Waals surface area contributed by atoms with Crippen molar-refractivity contribution in [3.8, 4) is 0 Å². The first-order valence-corrected chi connectivity index (χ1v) is 5.18. The molecule has 4 N–H and O–H groups in total. The first-order chi connectivity index (χ1) is 9.01. The smallest absolute Gasteiger partial charge is 0.186 e. The van der Waals surface area contributed by atoms with Crippen LogP contribution in [-0.4, -0.2) is 28.3 Å². The summed E-state index contributed by atoms with van der Waals surface area (Å²) >= 11 is 0. The Labute approximate surface area is 105 Å². The van der Waals surface area contributed by atoms with Crippen molar-refractivity contribution in [2.75, 3.05) is 12.4 Å². The molecule has 0 aliphatic carbocycles. The van der Waals surface area contributed by atoms with Crippen LogP contribution in [-0.2, 0) is 0 Å². The average molecular weight is 273 g/mol. The van der Waals surface area contributed by atoms with E-state index in [1.165, 1.54) is 14.0 Å². The number of hydroxylamine groups is 1. The van der Waals surface area contributed by atoms with E-state index in [4.69, 9.17) is 5.21 Å². The number of anilines is 1. The maximum atomic E-state index is 13.9. The standard InChI is InChI=1S/C10H10F3N5O/c1-3(18-19)15-10-4-5(11)6(12)9(14-2)7(13)8(4)16-17-10/h14,19H,1-2H3,(H2,15,16,17,18). The summed E-state index contributed by atoms with van der Waals surface area (Å²) in [5.74, 6) is -3.92. The van der Waals surface area contributed by atoms with Gasteiger partial charge in [-0.1, -0.05) is 0 Å². The lowest BCUT2D eigenvalue weighted by Gasteiger charge is -2.06. The molecule has 9 heteroatoms. The molecular formula is C10H10F3N5O. The van der Waals surface area contributed by atoms with Crippen LogP contribution in [0, 0.1) is 17.5 Å². The van der Waals surface area contributed by atoms with Gasteiger partial charge in [-0.2, -0.15) is 5.10 Å². The molecule has 2 rings (SSSR count). The molecule has 6 nitrogen and oxygen atoms in total. The van der Waals surface area contributed by atoms with Crippen molar-refractivity contribution in [3.63, 3.8) is 0 Å². The number of fused-ring (bicyclic) bond motifs is 1. The second-order valence-electron chi connectivity index (χ2n) is 3.67. The average Bonchev–Trinajstić information content (AvgIpc) is 2.80. The summed E-state index contributed by atoms with van der Waals surface area (Å²) in [6.45, 7) is 1.37. The van der Waals surface area contributed by atoms with Gasteiger partial charge in [-0.15, -0.1) is 0 Å². The van der Waals surface area contributed by atoms with Crippen LogP contribution in [0.5, 0.6) is 0 Å². The van der Waals surface area contributed by atoms with E-state index in [0.717, 1.165) is 0 Å². The summed E-state index contributed by atoms with van der Waals surface area (Å²) in [7, 11) is 1.27. The summed E-state index contributed by atoms with van der Waals surface area (Å²) in [6, 6.07) is 0. The minimum atomic E-state index is -1.36. The second kappa shape index (κ2) is 4.76. The zero-order valence-corrected chi connectivity index (χ0v) is 9.98. The number of rotatable bonds is 2. The number of aliphatic imine (C=N–C) groups is 1. The van der Waals surface area contributed by atoms with Crippen molar-refractivity contribution in [3.05, 3.63) is 17.5 Å². The first-order valence-electron chi connectivity index (χ1n) is 5.18. The molecule has 2 aromatic rings. The van der Waals surface area contributed by atoms with Gasteiger partial charge < -0.3 is 5.32 Å². The first kappa shape index (κ1) is 13.1. The number of H-pyrrole nitrogens is 1. The molecule has 0 spiro atoms. The number of halogens is 3. The topological polar surface area (TPSA) is 85.3 Å². The maximum absolute atomic E-state index is 13.9. The van der Waals surface area contributed by atoms with Gasteiger partial charge in [0.15, 0.2) is 23.3 Å². The van der Waals surface area contributed by atoms with E-state index < -0.39 is 28.5 Å². The predicted octanol–water partition coefficient (Wildman–Crippen LogP) is 2.05. The van der Waals surface area contributed by atoms with E-state index in [0.29, 0.717) is 0 Å². The Balaban J connectivity index is 2.80. The summed E-state index contributed by atoms with van der Waals surface area (Å²) in [6.07, 6.45) is 0. The summed E-state index contributed by atoms with van der Waals surface area (Å²) < 4.78 is 41.4. The van der Waals surface area contributed by atoms with Crippen LogP contribution >= 0.6 is 0 Å². The number of hydrogen-bond donors (Lipinski definition) is 4. The number of amidine groups is 1. The van der Waals surface area contributed by atoms with Crippen LogP contribution in [0.4, 0.5) is 24.7 Å². The second-order valence-corrected chi connectivity index (χ2v) is 3.67. The highest BCUT2D eigenvalue weighted by atomic mass is 19.2. The molecule has 0 saturated heterocycles. The van der Waals surface area contributed by atoms with E-state index in [2.05, 4.69) is 20.5 Å². The third-order valence-corrected chi connectivity index (χ3v) is 2.50. The highest BCUT2D eigenvalue weighted by Gasteiger charge is 2.23. The molecule has 1 heterocycles. The van der Waals surface area contributed by atoms with E-state index in [-0.39, 0.29) is 17.2 Å². The number of nitrogens with one attached hydrogen (secondary N) is 3. The van der Waals surface area contributed by atoms with Gasteiger partial charge in [0, 0.05) is 7.05 Å². The van der Waals surface area contributed by atoms with E-state index in [1.807, 2.05) is 0 Å². The van der Waals surface area contributed by atoms with Crippen molar-refractivity contribution in [1.82, 2.24) is 15.7 Å². The quantitative estimate of drug-likeness (QED) is 0.292. The van der Waals surface area contributed by atoms with Gasteiger partial charge in [-0.3, -0.25) is 15.8 Å². The van der Waals surface area contributed by atoms with Gasteiger partial charge in [0.05, 0.1) is 5.39 Å². The summed E-state index contributed by atoms with van der Waals surface area (Å²) in [5.41, 5.74) is 0.805. The highest BCUT2D eigenvalue weighted by molar-refractivity contribution is 5.94. The number of aromatic amines is 1. The zero-order valence-electron chi connectivity index (χ0n) is 9.98. The van der Waals surface area contributed by atoms with Crippen LogP contribution in [0.2, 0.25) is 0 Å². The number of hydrogen-bond acceptors (Lipinski definition) is 4. The number of aromatic nitrogens is 2. The molecule has 19 heavy (non-hydrogen) atoms. The minimum absolute atomic E-state index is 0.00805. The summed E-state index contributed by atoms with van der Waals surface area (Å²) in [5, 5.41) is 16.2. The lowest BCUT2D eigenvalue weighted by atomic mass is 10.2. The molecule has 0 atom stereocenters.